The quantitative estimate of drug-likeness (QED) is 0.781. The molecule has 2 aromatic rings. The van der Waals surface area contributed by atoms with Crippen molar-refractivity contribution in [3.05, 3.63) is 59.7 Å². The van der Waals surface area contributed by atoms with E-state index in [9.17, 15) is 4.79 Å². The molecule has 4 heteroatoms. The second-order valence-corrected chi connectivity index (χ2v) is 5.43. The Morgan fingerprint density at radius 3 is 2.52 bits per heavy atom. The number of nitrogens with one attached hydrogen (secondary N) is 1. The molecule has 1 unspecified atom stereocenters. The van der Waals surface area contributed by atoms with Crippen molar-refractivity contribution in [2.75, 3.05) is 11.9 Å². The second kappa shape index (κ2) is 8.22. The van der Waals surface area contributed by atoms with Gasteiger partial charge in [-0.15, -0.1) is 0 Å². The molecule has 0 aliphatic carbocycles. The molecular weight excluding hydrogens is 288 g/mol. The van der Waals surface area contributed by atoms with Gasteiger partial charge in [-0.05, 0) is 48.7 Å². The van der Waals surface area contributed by atoms with Gasteiger partial charge in [-0.3, -0.25) is 4.79 Å². The fourth-order valence-electron chi connectivity index (χ4n) is 2.52. The van der Waals surface area contributed by atoms with Gasteiger partial charge < -0.3 is 15.8 Å². The molecule has 0 saturated carbocycles. The molecule has 0 aliphatic rings. The summed E-state index contributed by atoms with van der Waals surface area (Å²) >= 11 is 0. The highest BCUT2D eigenvalue weighted by molar-refractivity contribution is 5.84. The van der Waals surface area contributed by atoms with Crippen molar-refractivity contribution in [1.29, 1.82) is 0 Å². The molecule has 122 valence electrons. The monoisotopic (exact) mass is 312 g/mol. The van der Waals surface area contributed by atoms with Gasteiger partial charge in [-0.1, -0.05) is 37.6 Å². The van der Waals surface area contributed by atoms with E-state index < -0.39 is 11.9 Å². The summed E-state index contributed by atoms with van der Waals surface area (Å²) in [6, 6.07) is 15.0. The van der Waals surface area contributed by atoms with Crippen LogP contribution in [0.1, 0.15) is 37.4 Å². The number of ether oxygens (including phenoxy) is 1. The average molecular weight is 312 g/mol. The van der Waals surface area contributed by atoms with Crippen molar-refractivity contribution in [3.63, 3.8) is 0 Å². The van der Waals surface area contributed by atoms with Crippen LogP contribution in [0.5, 0.6) is 5.75 Å². The number of carbonyl (C=O) groups excluding carboxylic acids is 1. The molecule has 3 N–H and O–H groups in total. The number of rotatable bonds is 8. The van der Waals surface area contributed by atoms with Crippen molar-refractivity contribution in [2.45, 2.75) is 32.7 Å². The van der Waals surface area contributed by atoms with Crippen LogP contribution >= 0.6 is 0 Å². The van der Waals surface area contributed by atoms with Gasteiger partial charge in [0, 0.05) is 5.69 Å². The number of carbonyl (C=O) groups is 1. The Morgan fingerprint density at radius 1 is 1.17 bits per heavy atom. The van der Waals surface area contributed by atoms with Crippen LogP contribution in [-0.2, 0) is 11.2 Å². The first-order valence-corrected chi connectivity index (χ1v) is 8.01. The van der Waals surface area contributed by atoms with E-state index in [0.29, 0.717) is 6.61 Å². The first-order chi connectivity index (χ1) is 11.1. The largest absolute Gasteiger partial charge is 0.494 e. The van der Waals surface area contributed by atoms with Gasteiger partial charge in [0.1, 0.15) is 11.8 Å². The Hall–Kier alpha value is -2.49. The molecule has 0 aromatic heterocycles. The maximum atomic E-state index is 11.9. The first-order valence-electron chi connectivity index (χ1n) is 8.01. The number of hydrogen-bond donors (Lipinski definition) is 2. The second-order valence-electron chi connectivity index (χ2n) is 5.43. The summed E-state index contributed by atoms with van der Waals surface area (Å²) in [7, 11) is 0. The van der Waals surface area contributed by atoms with Gasteiger partial charge in [0.2, 0.25) is 5.91 Å². The normalized spacial score (nSPS) is 11.7. The SMILES string of the molecule is CCCc1cccc(C(Nc2ccc(OCC)cc2)C(N)=O)c1. The molecule has 0 spiro atoms. The third kappa shape index (κ3) is 4.74. The molecule has 1 amide bonds. The zero-order valence-corrected chi connectivity index (χ0v) is 13.7. The highest BCUT2D eigenvalue weighted by Crippen LogP contribution is 2.23. The number of hydrogen-bond acceptors (Lipinski definition) is 3. The van der Waals surface area contributed by atoms with Crippen molar-refractivity contribution in [2.24, 2.45) is 5.73 Å². The molecule has 0 radical (unpaired) electrons. The third-order valence-electron chi connectivity index (χ3n) is 3.58. The summed E-state index contributed by atoms with van der Waals surface area (Å²) in [6.45, 7) is 4.70. The van der Waals surface area contributed by atoms with Crippen molar-refractivity contribution >= 4 is 11.6 Å². The van der Waals surface area contributed by atoms with Gasteiger partial charge in [0.15, 0.2) is 0 Å². The molecule has 23 heavy (non-hydrogen) atoms. The van der Waals surface area contributed by atoms with E-state index in [1.807, 2.05) is 49.4 Å². The van der Waals surface area contributed by atoms with E-state index in [0.717, 1.165) is 29.8 Å². The predicted octanol–water partition coefficient (Wildman–Crippen LogP) is 3.68. The van der Waals surface area contributed by atoms with Crippen LogP contribution in [0.25, 0.3) is 0 Å². The van der Waals surface area contributed by atoms with E-state index in [4.69, 9.17) is 10.5 Å². The average Bonchev–Trinajstić information content (AvgIpc) is 2.54. The number of primary amides is 1. The van der Waals surface area contributed by atoms with E-state index in [1.165, 1.54) is 5.56 Å². The summed E-state index contributed by atoms with van der Waals surface area (Å²) in [5.41, 5.74) is 8.52. The van der Waals surface area contributed by atoms with E-state index in [1.54, 1.807) is 0 Å². The van der Waals surface area contributed by atoms with Crippen LogP contribution < -0.4 is 15.8 Å². The maximum absolute atomic E-state index is 11.9. The Morgan fingerprint density at radius 2 is 1.91 bits per heavy atom. The van der Waals surface area contributed by atoms with E-state index in [2.05, 4.69) is 18.3 Å². The lowest BCUT2D eigenvalue weighted by molar-refractivity contribution is -0.118. The van der Waals surface area contributed by atoms with Gasteiger partial charge in [0.25, 0.3) is 0 Å². The van der Waals surface area contributed by atoms with Gasteiger partial charge in [0.05, 0.1) is 6.61 Å². The summed E-state index contributed by atoms with van der Waals surface area (Å²) in [5.74, 6) is 0.408. The standard InChI is InChI=1S/C19H24N2O2/c1-3-6-14-7-5-8-15(13-14)18(19(20)22)21-16-9-11-17(12-10-16)23-4-2/h5,7-13,18,21H,3-4,6H2,1-2H3,(H2,20,22). The lowest BCUT2D eigenvalue weighted by Crippen LogP contribution is -2.27. The Bertz CT molecular complexity index is 638. The maximum Gasteiger partial charge on any atom is 0.244 e. The van der Waals surface area contributed by atoms with Crippen LogP contribution in [-0.4, -0.2) is 12.5 Å². The van der Waals surface area contributed by atoms with Gasteiger partial charge in [-0.25, -0.2) is 0 Å². The lowest BCUT2D eigenvalue weighted by atomic mass is 10.0. The van der Waals surface area contributed by atoms with Crippen molar-refractivity contribution < 1.29 is 9.53 Å². The molecule has 0 bridgehead atoms. The van der Waals surface area contributed by atoms with E-state index >= 15 is 0 Å². The third-order valence-corrected chi connectivity index (χ3v) is 3.58. The minimum atomic E-state index is -0.551. The summed E-state index contributed by atoms with van der Waals surface area (Å²) in [5, 5.41) is 3.20. The van der Waals surface area contributed by atoms with Crippen LogP contribution in [0.2, 0.25) is 0 Å². The minimum Gasteiger partial charge on any atom is -0.494 e. The number of benzene rings is 2. The molecule has 4 nitrogen and oxygen atoms in total. The topological polar surface area (TPSA) is 64.3 Å². The van der Waals surface area contributed by atoms with Crippen LogP contribution in [0.4, 0.5) is 5.69 Å². The zero-order valence-electron chi connectivity index (χ0n) is 13.7. The fourth-order valence-corrected chi connectivity index (χ4v) is 2.52. The Labute approximate surface area is 137 Å². The molecule has 1 atom stereocenters. The molecule has 0 fully saturated rings. The lowest BCUT2D eigenvalue weighted by Gasteiger charge is -2.18. The van der Waals surface area contributed by atoms with Crippen LogP contribution in [0, 0.1) is 0 Å². The smallest absolute Gasteiger partial charge is 0.244 e. The predicted molar refractivity (Wildman–Crippen MR) is 93.6 cm³/mol. The summed E-state index contributed by atoms with van der Waals surface area (Å²) in [6.07, 6.45) is 2.05. The fraction of sp³-hybridized carbons (Fsp3) is 0.316. The zero-order chi connectivity index (χ0) is 16.7. The number of nitrogens with two attached hydrogens (primary N) is 1. The summed E-state index contributed by atoms with van der Waals surface area (Å²) < 4.78 is 5.42. The Kier molecular flexibility index (Phi) is 6.03. The molecular formula is C19H24N2O2. The van der Waals surface area contributed by atoms with Crippen molar-refractivity contribution in [3.8, 4) is 5.75 Å². The number of anilines is 1. The Balaban J connectivity index is 2.18. The highest BCUT2D eigenvalue weighted by atomic mass is 16.5. The number of amides is 1. The molecule has 0 saturated heterocycles. The first kappa shape index (κ1) is 16.9. The molecule has 0 heterocycles. The molecule has 2 aromatic carbocycles. The number of aryl methyl sites for hydroxylation is 1. The minimum absolute atomic E-state index is 0.396. The highest BCUT2D eigenvalue weighted by Gasteiger charge is 2.17. The molecule has 0 aliphatic heterocycles. The van der Waals surface area contributed by atoms with Crippen LogP contribution in [0.3, 0.4) is 0 Å². The van der Waals surface area contributed by atoms with E-state index in [-0.39, 0.29) is 0 Å². The summed E-state index contributed by atoms with van der Waals surface area (Å²) in [4.78, 5) is 11.9. The molecule has 2 rings (SSSR count). The van der Waals surface area contributed by atoms with Gasteiger partial charge >= 0.3 is 0 Å². The van der Waals surface area contributed by atoms with Crippen molar-refractivity contribution in [1.82, 2.24) is 0 Å². The van der Waals surface area contributed by atoms with Crippen LogP contribution in [0.15, 0.2) is 48.5 Å². The van der Waals surface area contributed by atoms with Gasteiger partial charge in [-0.2, -0.15) is 0 Å².